The van der Waals surface area contributed by atoms with Crippen molar-refractivity contribution in [2.75, 3.05) is 27.3 Å². The Labute approximate surface area is 158 Å². The molecule has 1 fully saturated rings. The lowest BCUT2D eigenvalue weighted by molar-refractivity contribution is -0.126. The molecular formula is C21H25FN2O3. The highest BCUT2D eigenvalue weighted by molar-refractivity contribution is 5.80. The van der Waals surface area contributed by atoms with Crippen molar-refractivity contribution in [1.82, 2.24) is 10.6 Å². The predicted octanol–water partition coefficient (Wildman–Crippen LogP) is 3.05. The van der Waals surface area contributed by atoms with Gasteiger partial charge in [-0.3, -0.25) is 4.79 Å². The Hall–Kier alpha value is -2.60. The van der Waals surface area contributed by atoms with Gasteiger partial charge in [-0.15, -0.1) is 0 Å². The molecule has 2 aromatic rings. The number of rotatable bonds is 6. The molecule has 2 unspecified atom stereocenters. The molecule has 1 heterocycles. The van der Waals surface area contributed by atoms with Crippen molar-refractivity contribution in [3.05, 3.63) is 59.4 Å². The number of halogens is 1. The Morgan fingerprint density at radius 1 is 1.22 bits per heavy atom. The Morgan fingerprint density at radius 2 is 2.07 bits per heavy atom. The summed E-state index contributed by atoms with van der Waals surface area (Å²) in [6.07, 6.45) is 1.80. The second-order valence-electron chi connectivity index (χ2n) is 6.65. The van der Waals surface area contributed by atoms with Gasteiger partial charge >= 0.3 is 0 Å². The number of methoxy groups -OCH3 is 2. The van der Waals surface area contributed by atoms with Crippen LogP contribution in [0.4, 0.5) is 4.39 Å². The maximum absolute atomic E-state index is 14.0. The molecule has 2 atom stereocenters. The highest BCUT2D eigenvalue weighted by atomic mass is 19.1. The molecule has 0 bridgehead atoms. The number of carbonyl (C=O) groups is 1. The van der Waals surface area contributed by atoms with Gasteiger partial charge < -0.3 is 20.1 Å². The van der Waals surface area contributed by atoms with Crippen molar-refractivity contribution < 1.29 is 18.7 Å². The quantitative estimate of drug-likeness (QED) is 0.818. The fourth-order valence-electron chi connectivity index (χ4n) is 3.43. The SMILES string of the molecule is COc1cccc(C(NC(=O)C2CCCNC2)c2cc(F)ccc2OC)c1. The summed E-state index contributed by atoms with van der Waals surface area (Å²) in [7, 11) is 3.12. The summed E-state index contributed by atoms with van der Waals surface area (Å²) in [6.45, 7) is 1.58. The van der Waals surface area contributed by atoms with Crippen LogP contribution >= 0.6 is 0 Å². The molecule has 5 nitrogen and oxygen atoms in total. The molecule has 2 N–H and O–H groups in total. The number of carbonyl (C=O) groups excluding carboxylic acids is 1. The Morgan fingerprint density at radius 3 is 2.78 bits per heavy atom. The number of benzene rings is 2. The van der Waals surface area contributed by atoms with E-state index in [0.29, 0.717) is 23.6 Å². The van der Waals surface area contributed by atoms with E-state index in [1.165, 1.54) is 19.2 Å². The first-order valence-electron chi connectivity index (χ1n) is 9.11. The van der Waals surface area contributed by atoms with E-state index >= 15 is 0 Å². The average Bonchev–Trinajstić information content (AvgIpc) is 2.72. The lowest BCUT2D eigenvalue weighted by atomic mass is 9.94. The normalized spacial score (nSPS) is 17.8. The van der Waals surface area contributed by atoms with E-state index in [0.717, 1.165) is 24.9 Å². The molecule has 0 aromatic heterocycles. The molecule has 3 rings (SSSR count). The number of piperidine rings is 1. The highest BCUT2D eigenvalue weighted by Gasteiger charge is 2.27. The number of nitrogens with one attached hydrogen (secondary N) is 2. The van der Waals surface area contributed by atoms with Crippen LogP contribution in [0.15, 0.2) is 42.5 Å². The molecule has 0 radical (unpaired) electrons. The van der Waals surface area contributed by atoms with Crippen LogP contribution in [0.2, 0.25) is 0 Å². The first-order chi connectivity index (χ1) is 13.1. The Balaban J connectivity index is 1.98. The molecule has 1 aliphatic heterocycles. The number of ether oxygens (including phenoxy) is 2. The molecule has 1 aliphatic rings. The van der Waals surface area contributed by atoms with Crippen LogP contribution in [0, 0.1) is 11.7 Å². The monoisotopic (exact) mass is 372 g/mol. The van der Waals surface area contributed by atoms with E-state index < -0.39 is 6.04 Å². The molecule has 27 heavy (non-hydrogen) atoms. The third-order valence-electron chi connectivity index (χ3n) is 4.88. The third-order valence-corrected chi connectivity index (χ3v) is 4.88. The highest BCUT2D eigenvalue weighted by Crippen LogP contribution is 2.32. The smallest absolute Gasteiger partial charge is 0.225 e. The lowest BCUT2D eigenvalue weighted by Crippen LogP contribution is -2.42. The van der Waals surface area contributed by atoms with E-state index in [1.54, 1.807) is 13.2 Å². The van der Waals surface area contributed by atoms with Crippen molar-refractivity contribution in [3.63, 3.8) is 0 Å². The summed E-state index contributed by atoms with van der Waals surface area (Å²) >= 11 is 0. The van der Waals surface area contributed by atoms with Crippen molar-refractivity contribution in [2.24, 2.45) is 5.92 Å². The van der Waals surface area contributed by atoms with Crippen LogP contribution < -0.4 is 20.1 Å². The molecule has 0 spiro atoms. The van der Waals surface area contributed by atoms with Crippen molar-refractivity contribution in [3.8, 4) is 11.5 Å². The van der Waals surface area contributed by atoms with Gasteiger partial charge in [-0.1, -0.05) is 12.1 Å². The Kier molecular flexibility index (Phi) is 6.29. The summed E-state index contributed by atoms with van der Waals surface area (Å²) in [5.41, 5.74) is 1.37. The van der Waals surface area contributed by atoms with Crippen LogP contribution in [-0.4, -0.2) is 33.2 Å². The van der Waals surface area contributed by atoms with Crippen LogP contribution in [-0.2, 0) is 4.79 Å². The number of hydrogen-bond acceptors (Lipinski definition) is 4. The van der Waals surface area contributed by atoms with Gasteiger partial charge in [0.25, 0.3) is 0 Å². The molecule has 2 aromatic carbocycles. The summed E-state index contributed by atoms with van der Waals surface area (Å²) in [6, 6.07) is 11.2. The first-order valence-corrected chi connectivity index (χ1v) is 9.11. The number of amides is 1. The maximum atomic E-state index is 14.0. The van der Waals surface area contributed by atoms with Crippen LogP contribution in [0.1, 0.15) is 30.0 Å². The summed E-state index contributed by atoms with van der Waals surface area (Å²) in [5.74, 6) is 0.646. The van der Waals surface area contributed by atoms with Gasteiger partial charge in [-0.05, 0) is 55.3 Å². The molecule has 1 saturated heterocycles. The van der Waals surface area contributed by atoms with Crippen molar-refractivity contribution >= 4 is 5.91 Å². The summed E-state index contributed by atoms with van der Waals surface area (Å²) in [5, 5.41) is 6.34. The molecule has 6 heteroatoms. The topological polar surface area (TPSA) is 59.6 Å². The second-order valence-corrected chi connectivity index (χ2v) is 6.65. The molecule has 1 amide bonds. The van der Waals surface area contributed by atoms with E-state index in [9.17, 15) is 9.18 Å². The first kappa shape index (κ1) is 19.2. The number of hydrogen-bond donors (Lipinski definition) is 2. The zero-order valence-corrected chi connectivity index (χ0v) is 15.6. The van der Waals surface area contributed by atoms with E-state index in [-0.39, 0.29) is 17.6 Å². The van der Waals surface area contributed by atoms with Gasteiger partial charge in [0.05, 0.1) is 26.2 Å². The lowest BCUT2D eigenvalue weighted by Gasteiger charge is -2.27. The maximum Gasteiger partial charge on any atom is 0.225 e. The minimum Gasteiger partial charge on any atom is -0.497 e. The van der Waals surface area contributed by atoms with E-state index in [4.69, 9.17) is 9.47 Å². The minimum absolute atomic E-state index is 0.0543. The predicted molar refractivity (Wildman–Crippen MR) is 102 cm³/mol. The second kappa shape index (κ2) is 8.86. The van der Waals surface area contributed by atoms with Crippen molar-refractivity contribution in [1.29, 1.82) is 0 Å². The van der Waals surface area contributed by atoms with E-state index in [2.05, 4.69) is 10.6 Å². The molecule has 0 aliphatic carbocycles. The fourth-order valence-corrected chi connectivity index (χ4v) is 3.43. The van der Waals surface area contributed by atoms with Gasteiger partial charge in [0, 0.05) is 12.1 Å². The zero-order chi connectivity index (χ0) is 19.2. The Bertz CT molecular complexity index is 791. The average molecular weight is 372 g/mol. The van der Waals surface area contributed by atoms with Crippen LogP contribution in [0.3, 0.4) is 0 Å². The van der Waals surface area contributed by atoms with Gasteiger partial charge in [-0.25, -0.2) is 4.39 Å². The van der Waals surface area contributed by atoms with Gasteiger partial charge in [-0.2, -0.15) is 0 Å². The van der Waals surface area contributed by atoms with Crippen LogP contribution in [0.25, 0.3) is 0 Å². The third kappa shape index (κ3) is 4.57. The zero-order valence-electron chi connectivity index (χ0n) is 15.6. The molecule has 0 saturated carbocycles. The molecular weight excluding hydrogens is 347 g/mol. The molecule has 144 valence electrons. The summed E-state index contributed by atoms with van der Waals surface area (Å²) in [4.78, 5) is 12.9. The van der Waals surface area contributed by atoms with Crippen LogP contribution in [0.5, 0.6) is 11.5 Å². The largest absolute Gasteiger partial charge is 0.497 e. The summed E-state index contributed by atoms with van der Waals surface area (Å²) < 4.78 is 24.7. The van der Waals surface area contributed by atoms with Crippen molar-refractivity contribution in [2.45, 2.75) is 18.9 Å². The van der Waals surface area contributed by atoms with Gasteiger partial charge in [0.15, 0.2) is 0 Å². The van der Waals surface area contributed by atoms with Gasteiger partial charge in [0.2, 0.25) is 5.91 Å². The standard InChI is InChI=1S/C21H25FN2O3/c1-26-17-7-3-5-14(11-17)20(18-12-16(22)8-9-19(18)27-2)24-21(25)15-6-4-10-23-13-15/h3,5,7-9,11-12,15,20,23H,4,6,10,13H2,1-2H3,(H,24,25). The fraction of sp³-hybridized carbons (Fsp3) is 0.381. The van der Waals surface area contributed by atoms with E-state index in [1.807, 2.05) is 24.3 Å². The van der Waals surface area contributed by atoms with Gasteiger partial charge in [0.1, 0.15) is 17.3 Å². The minimum atomic E-state index is -0.542.